The molecule has 0 aliphatic carbocycles. The summed E-state index contributed by atoms with van der Waals surface area (Å²) in [7, 11) is -2.26. The first kappa shape index (κ1) is 20.2. The third-order valence-corrected chi connectivity index (χ3v) is 6.61. The van der Waals surface area contributed by atoms with Gasteiger partial charge >= 0.3 is 0 Å². The quantitative estimate of drug-likeness (QED) is 0.415. The molecule has 0 saturated heterocycles. The van der Waals surface area contributed by atoms with Crippen LogP contribution in [0.5, 0.6) is 11.6 Å². The molecule has 2 aromatic carbocycles. The standard InChI is InChI=1S/C21H18ClN3O4S/c1-14-5-3-4-6-18(14)30(26,27)25-12-11-17-19(25)23-21(22)24-20(17)29-13-15-7-9-16(28-2)10-8-15/h3-12H,13H2,1-2H3. The fraction of sp³-hybridized carbons (Fsp3) is 0.143. The van der Waals surface area contributed by atoms with Crippen LogP contribution in [-0.2, 0) is 16.6 Å². The molecule has 0 spiro atoms. The van der Waals surface area contributed by atoms with Crippen LogP contribution < -0.4 is 9.47 Å². The van der Waals surface area contributed by atoms with Crippen molar-refractivity contribution in [3.8, 4) is 11.6 Å². The van der Waals surface area contributed by atoms with Crippen LogP contribution in [0.4, 0.5) is 0 Å². The summed E-state index contributed by atoms with van der Waals surface area (Å²) in [5, 5.41) is 0.345. The van der Waals surface area contributed by atoms with E-state index in [-0.39, 0.29) is 28.3 Å². The molecule has 0 radical (unpaired) electrons. The third-order valence-electron chi connectivity index (χ3n) is 4.61. The molecule has 0 amide bonds. The monoisotopic (exact) mass is 443 g/mol. The van der Waals surface area contributed by atoms with Crippen molar-refractivity contribution in [1.82, 2.24) is 13.9 Å². The highest BCUT2D eigenvalue weighted by Crippen LogP contribution is 2.29. The summed E-state index contributed by atoms with van der Waals surface area (Å²) < 4.78 is 38.5. The molecule has 2 aromatic heterocycles. The predicted octanol–water partition coefficient (Wildman–Crippen LogP) is 4.22. The zero-order chi connectivity index (χ0) is 21.3. The second kappa shape index (κ2) is 7.97. The number of nitrogens with zero attached hydrogens (tertiary/aromatic N) is 3. The first-order valence-electron chi connectivity index (χ1n) is 9.01. The predicted molar refractivity (Wildman–Crippen MR) is 114 cm³/mol. The molecule has 0 bridgehead atoms. The number of aromatic nitrogens is 3. The van der Waals surface area contributed by atoms with Crippen molar-refractivity contribution >= 4 is 32.7 Å². The SMILES string of the molecule is COc1ccc(COc2nc(Cl)nc3c2ccn3S(=O)(=O)c2ccccc2C)cc1. The van der Waals surface area contributed by atoms with E-state index < -0.39 is 10.0 Å². The Morgan fingerprint density at radius 1 is 1.03 bits per heavy atom. The van der Waals surface area contributed by atoms with Crippen molar-refractivity contribution in [2.75, 3.05) is 7.11 Å². The maximum atomic E-state index is 13.2. The summed E-state index contributed by atoms with van der Waals surface area (Å²) in [6.07, 6.45) is 1.43. The maximum Gasteiger partial charge on any atom is 0.269 e. The molecule has 0 N–H and O–H groups in total. The van der Waals surface area contributed by atoms with Gasteiger partial charge in [0, 0.05) is 6.20 Å². The lowest BCUT2D eigenvalue weighted by atomic mass is 10.2. The smallest absolute Gasteiger partial charge is 0.269 e. The van der Waals surface area contributed by atoms with Crippen LogP contribution in [0.15, 0.2) is 65.7 Å². The average Bonchev–Trinajstić information content (AvgIpc) is 3.17. The number of halogens is 1. The Balaban J connectivity index is 1.72. The zero-order valence-electron chi connectivity index (χ0n) is 16.2. The van der Waals surface area contributed by atoms with Crippen molar-refractivity contribution in [2.45, 2.75) is 18.4 Å². The van der Waals surface area contributed by atoms with Crippen LogP contribution in [0.3, 0.4) is 0 Å². The minimum atomic E-state index is -3.86. The summed E-state index contributed by atoms with van der Waals surface area (Å²) in [5.74, 6) is 0.948. The number of hydrogen-bond donors (Lipinski definition) is 0. The third kappa shape index (κ3) is 3.71. The summed E-state index contributed by atoms with van der Waals surface area (Å²) in [4.78, 5) is 8.46. The lowest BCUT2D eigenvalue weighted by Crippen LogP contribution is -2.14. The minimum absolute atomic E-state index is 0.104. The molecule has 0 atom stereocenters. The van der Waals surface area contributed by atoms with Gasteiger partial charge in [0.25, 0.3) is 10.0 Å². The molecule has 0 unspecified atom stereocenters. The van der Waals surface area contributed by atoms with Crippen LogP contribution in [0, 0.1) is 6.92 Å². The van der Waals surface area contributed by atoms with Crippen molar-refractivity contribution in [1.29, 1.82) is 0 Å². The van der Waals surface area contributed by atoms with Gasteiger partial charge in [0.2, 0.25) is 11.2 Å². The summed E-state index contributed by atoms with van der Waals surface area (Å²) in [5.41, 5.74) is 1.68. The van der Waals surface area contributed by atoms with E-state index in [1.165, 1.54) is 6.20 Å². The van der Waals surface area contributed by atoms with Gasteiger partial charge < -0.3 is 9.47 Å². The molecule has 0 fully saturated rings. The van der Waals surface area contributed by atoms with E-state index in [1.807, 2.05) is 24.3 Å². The number of rotatable bonds is 6. The number of hydrogen-bond acceptors (Lipinski definition) is 6. The molecule has 0 aliphatic heterocycles. The normalized spacial score (nSPS) is 11.6. The highest BCUT2D eigenvalue weighted by molar-refractivity contribution is 7.90. The number of benzene rings is 2. The number of aryl methyl sites for hydroxylation is 1. The summed E-state index contributed by atoms with van der Waals surface area (Å²) in [6.45, 7) is 1.96. The molecule has 2 heterocycles. The molecule has 7 nitrogen and oxygen atoms in total. The molecule has 154 valence electrons. The fourth-order valence-corrected chi connectivity index (χ4v) is 4.75. The second-order valence-electron chi connectivity index (χ2n) is 6.55. The van der Waals surface area contributed by atoms with Crippen LogP contribution >= 0.6 is 11.6 Å². The van der Waals surface area contributed by atoms with Gasteiger partial charge in [-0.25, -0.2) is 12.4 Å². The Bertz CT molecular complexity index is 1320. The number of ether oxygens (including phenoxy) is 2. The van der Waals surface area contributed by atoms with E-state index in [4.69, 9.17) is 21.1 Å². The Kier molecular flexibility index (Phi) is 5.36. The maximum absolute atomic E-state index is 13.2. The van der Waals surface area contributed by atoms with Crippen LogP contribution in [0.1, 0.15) is 11.1 Å². The second-order valence-corrected chi connectivity index (χ2v) is 8.68. The largest absolute Gasteiger partial charge is 0.497 e. The van der Waals surface area contributed by atoms with Gasteiger partial charge in [-0.05, 0) is 53.9 Å². The number of methoxy groups -OCH3 is 1. The van der Waals surface area contributed by atoms with Gasteiger partial charge in [-0.15, -0.1) is 0 Å². The summed E-state index contributed by atoms with van der Waals surface area (Å²) >= 11 is 6.07. The first-order chi connectivity index (χ1) is 14.4. The average molecular weight is 444 g/mol. The lowest BCUT2D eigenvalue weighted by Gasteiger charge is -2.11. The van der Waals surface area contributed by atoms with Crippen molar-refractivity contribution in [3.63, 3.8) is 0 Å². The molecule has 4 aromatic rings. The van der Waals surface area contributed by atoms with E-state index in [9.17, 15) is 8.42 Å². The van der Waals surface area contributed by atoms with Gasteiger partial charge in [-0.1, -0.05) is 30.3 Å². The van der Waals surface area contributed by atoms with Crippen molar-refractivity contribution in [3.05, 3.63) is 77.2 Å². The Labute approximate surface area is 178 Å². The minimum Gasteiger partial charge on any atom is -0.497 e. The molecule has 4 rings (SSSR count). The van der Waals surface area contributed by atoms with E-state index in [0.717, 1.165) is 15.3 Å². The van der Waals surface area contributed by atoms with Crippen molar-refractivity contribution in [2.24, 2.45) is 0 Å². The van der Waals surface area contributed by atoms with E-state index >= 15 is 0 Å². The molecule has 30 heavy (non-hydrogen) atoms. The van der Waals surface area contributed by atoms with Gasteiger partial charge in [-0.2, -0.15) is 9.97 Å². The highest BCUT2D eigenvalue weighted by atomic mass is 35.5. The molecule has 0 saturated carbocycles. The van der Waals surface area contributed by atoms with Crippen LogP contribution in [0.25, 0.3) is 11.0 Å². The summed E-state index contributed by atoms with van der Waals surface area (Å²) in [6, 6.07) is 15.7. The fourth-order valence-electron chi connectivity index (χ4n) is 3.07. The lowest BCUT2D eigenvalue weighted by molar-refractivity contribution is 0.297. The van der Waals surface area contributed by atoms with E-state index in [0.29, 0.717) is 10.9 Å². The van der Waals surface area contributed by atoms with Gasteiger partial charge in [0.05, 0.1) is 17.4 Å². The van der Waals surface area contributed by atoms with Gasteiger partial charge in [0.15, 0.2) is 5.65 Å². The highest BCUT2D eigenvalue weighted by Gasteiger charge is 2.23. The van der Waals surface area contributed by atoms with E-state index in [1.54, 1.807) is 44.4 Å². The van der Waals surface area contributed by atoms with Gasteiger partial charge in [0.1, 0.15) is 12.4 Å². The molecule has 0 aliphatic rings. The van der Waals surface area contributed by atoms with Crippen LogP contribution in [0.2, 0.25) is 5.28 Å². The van der Waals surface area contributed by atoms with Crippen molar-refractivity contribution < 1.29 is 17.9 Å². The number of fused-ring (bicyclic) bond motifs is 1. The Morgan fingerprint density at radius 3 is 2.47 bits per heavy atom. The van der Waals surface area contributed by atoms with E-state index in [2.05, 4.69) is 9.97 Å². The first-order valence-corrected chi connectivity index (χ1v) is 10.8. The topological polar surface area (TPSA) is 83.3 Å². The van der Waals surface area contributed by atoms with Gasteiger partial charge in [-0.3, -0.25) is 0 Å². The Hall–Kier alpha value is -3.10. The van der Waals surface area contributed by atoms with Crippen LogP contribution in [-0.4, -0.2) is 29.5 Å². The molecular formula is C21H18ClN3O4S. The zero-order valence-corrected chi connectivity index (χ0v) is 17.8. The molecular weight excluding hydrogens is 426 g/mol. The Morgan fingerprint density at radius 2 is 1.77 bits per heavy atom. The molecule has 9 heteroatoms.